The van der Waals surface area contributed by atoms with Crippen LogP contribution in [0.15, 0.2) is 34.4 Å². The SMILES string of the molecule is CCNC(=NCCNS(=O)(=O)c1cccnc1)N1CC(C)C(C(=O)OC)C1. The van der Waals surface area contributed by atoms with Crippen LogP contribution in [0.1, 0.15) is 13.8 Å². The highest BCUT2D eigenvalue weighted by molar-refractivity contribution is 7.89. The number of hydrogen-bond acceptors (Lipinski definition) is 6. The van der Waals surface area contributed by atoms with Gasteiger partial charge in [0.15, 0.2) is 5.96 Å². The molecule has 27 heavy (non-hydrogen) atoms. The van der Waals surface area contributed by atoms with E-state index < -0.39 is 10.0 Å². The first-order valence-electron chi connectivity index (χ1n) is 8.89. The van der Waals surface area contributed by atoms with Gasteiger partial charge in [0.1, 0.15) is 4.90 Å². The van der Waals surface area contributed by atoms with Crippen molar-refractivity contribution in [3.63, 3.8) is 0 Å². The first-order chi connectivity index (χ1) is 12.9. The number of aromatic nitrogens is 1. The second-order valence-electron chi connectivity index (χ2n) is 6.33. The maximum Gasteiger partial charge on any atom is 0.310 e. The van der Waals surface area contributed by atoms with Crippen molar-refractivity contribution in [2.75, 3.05) is 39.8 Å². The first-order valence-corrected chi connectivity index (χ1v) is 10.4. The van der Waals surface area contributed by atoms with Gasteiger partial charge in [-0.3, -0.25) is 14.8 Å². The van der Waals surface area contributed by atoms with Crippen molar-refractivity contribution < 1.29 is 17.9 Å². The maximum atomic E-state index is 12.2. The summed E-state index contributed by atoms with van der Waals surface area (Å²) in [5.41, 5.74) is 0. The van der Waals surface area contributed by atoms with Crippen molar-refractivity contribution in [3.05, 3.63) is 24.5 Å². The molecule has 0 amide bonds. The Morgan fingerprint density at radius 1 is 1.44 bits per heavy atom. The lowest BCUT2D eigenvalue weighted by molar-refractivity contribution is -0.145. The van der Waals surface area contributed by atoms with Crippen LogP contribution >= 0.6 is 0 Å². The largest absolute Gasteiger partial charge is 0.469 e. The Morgan fingerprint density at radius 2 is 2.22 bits per heavy atom. The van der Waals surface area contributed by atoms with Crippen LogP contribution in [0, 0.1) is 11.8 Å². The van der Waals surface area contributed by atoms with Crippen molar-refractivity contribution in [1.29, 1.82) is 0 Å². The Morgan fingerprint density at radius 3 is 2.85 bits per heavy atom. The second-order valence-corrected chi connectivity index (χ2v) is 8.10. The molecule has 1 fully saturated rings. The van der Waals surface area contributed by atoms with Crippen molar-refractivity contribution >= 4 is 22.0 Å². The molecule has 10 heteroatoms. The third-order valence-corrected chi connectivity index (χ3v) is 5.81. The van der Waals surface area contributed by atoms with Gasteiger partial charge in [-0.1, -0.05) is 6.92 Å². The average molecular weight is 398 g/mol. The normalized spacial score (nSPS) is 20.6. The number of carbonyl (C=O) groups excluding carboxylic acids is 1. The van der Waals surface area contributed by atoms with Crippen LogP contribution in [0.5, 0.6) is 0 Å². The molecule has 150 valence electrons. The molecule has 0 aliphatic carbocycles. The number of guanidine groups is 1. The highest BCUT2D eigenvalue weighted by Crippen LogP contribution is 2.24. The number of esters is 1. The maximum absolute atomic E-state index is 12.2. The van der Waals surface area contributed by atoms with Gasteiger partial charge in [-0.15, -0.1) is 0 Å². The summed E-state index contributed by atoms with van der Waals surface area (Å²) in [6.07, 6.45) is 2.82. The number of likely N-dealkylation sites (tertiary alicyclic amines) is 1. The summed E-state index contributed by atoms with van der Waals surface area (Å²) < 4.78 is 31.7. The predicted octanol–water partition coefficient (Wildman–Crippen LogP) is 0.0663. The number of hydrogen-bond donors (Lipinski definition) is 2. The van der Waals surface area contributed by atoms with E-state index in [2.05, 4.69) is 20.0 Å². The molecule has 2 heterocycles. The van der Waals surface area contributed by atoms with Crippen LogP contribution in [0.3, 0.4) is 0 Å². The number of carbonyl (C=O) groups is 1. The average Bonchev–Trinajstić information content (AvgIpc) is 3.06. The van der Waals surface area contributed by atoms with Crippen molar-refractivity contribution in [2.45, 2.75) is 18.7 Å². The second kappa shape index (κ2) is 9.65. The Hall–Kier alpha value is -2.20. The van der Waals surface area contributed by atoms with E-state index in [0.29, 0.717) is 25.6 Å². The molecular formula is C17H27N5O4S. The van der Waals surface area contributed by atoms with Gasteiger partial charge < -0.3 is 15.0 Å². The fourth-order valence-electron chi connectivity index (χ4n) is 2.95. The molecular weight excluding hydrogens is 370 g/mol. The number of methoxy groups -OCH3 is 1. The molecule has 2 N–H and O–H groups in total. The fraction of sp³-hybridized carbons (Fsp3) is 0.588. The van der Waals surface area contributed by atoms with E-state index in [4.69, 9.17) is 4.74 Å². The summed E-state index contributed by atoms with van der Waals surface area (Å²) in [6, 6.07) is 3.06. The minimum Gasteiger partial charge on any atom is -0.469 e. The van der Waals surface area contributed by atoms with Crippen molar-refractivity contribution in [3.8, 4) is 0 Å². The van der Waals surface area contributed by atoms with E-state index in [1.165, 1.54) is 25.6 Å². The van der Waals surface area contributed by atoms with Crippen LogP contribution in [0.25, 0.3) is 0 Å². The minimum atomic E-state index is -3.60. The van der Waals surface area contributed by atoms with E-state index >= 15 is 0 Å². The van der Waals surface area contributed by atoms with Gasteiger partial charge in [-0.25, -0.2) is 13.1 Å². The lowest BCUT2D eigenvalue weighted by atomic mass is 9.99. The zero-order chi connectivity index (χ0) is 19.9. The fourth-order valence-corrected chi connectivity index (χ4v) is 3.94. The number of aliphatic imine (C=N–C) groups is 1. The molecule has 2 atom stereocenters. The molecule has 1 aliphatic rings. The highest BCUT2D eigenvalue weighted by Gasteiger charge is 2.36. The molecule has 2 unspecified atom stereocenters. The molecule has 1 aliphatic heterocycles. The lowest BCUT2D eigenvalue weighted by Gasteiger charge is -2.21. The van der Waals surface area contributed by atoms with Crippen molar-refractivity contribution in [1.82, 2.24) is 19.9 Å². The van der Waals surface area contributed by atoms with Gasteiger partial charge in [0.25, 0.3) is 0 Å². The number of sulfonamides is 1. The Balaban J connectivity index is 1.95. The van der Waals surface area contributed by atoms with Gasteiger partial charge in [0.05, 0.1) is 19.6 Å². The summed E-state index contributed by atoms with van der Waals surface area (Å²) in [4.78, 5) is 22.3. The molecule has 9 nitrogen and oxygen atoms in total. The first kappa shape index (κ1) is 21.1. The Kier molecular flexibility index (Phi) is 7.55. The lowest BCUT2D eigenvalue weighted by Crippen LogP contribution is -2.41. The standard InChI is InChI=1S/C17H27N5O4S/c1-4-19-17(22-11-13(2)15(12-22)16(23)26-3)20-8-9-21-27(24,25)14-6-5-7-18-10-14/h5-7,10,13,15,21H,4,8-9,11-12H2,1-3H3,(H,19,20). The molecule has 0 aromatic carbocycles. The summed E-state index contributed by atoms with van der Waals surface area (Å²) in [6.45, 7) is 6.29. The predicted molar refractivity (Wildman–Crippen MR) is 102 cm³/mol. The summed E-state index contributed by atoms with van der Waals surface area (Å²) >= 11 is 0. The van der Waals surface area contributed by atoms with Crippen LogP contribution in [-0.2, 0) is 19.6 Å². The minimum absolute atomic E-state index is 0.121. The zero-order valence-electron chi connectivity index (χ0n) is 15.9. The molecule has 1 aromatic heterocycles. The van der Waals surface area contributed by atoms with Gasteiger partial charge in [0, 0.05) is 38.6 Å². The van der Waals surface area contributed by atoms with Crippen LogP contribution in [-0.4, -0.2) is 70.1 Å². The number of pyridine rings is 1. The van der Waals surface area contributed by atoms with E-state index in [-0.39, 0.29) is 35.8 Å². The summed E-state index contributed by atoms with van der Waals surface area (Å²) in [5.74, 6) is 0.412. The molecule has 0 bridgehead atoms. The van der Waals surface area contributed by atoms with E-state index in [0.717, 1.165) is 0 Å². The molecule has 0 spiro atoms. The number of nitrogens with one attached hydrogen (secondary N) is 2. The number of ether oxygens (including phenoxy) is 1. The molecule has 0 saturated carbocycles. The van der Waals surface area contributed by atoms with Gasteiger partial charge in [-0.05, 0) is 25.0 Å². The quantitative estimate of drug-likeness (QED) is 0.290. The van der Waals surface area contributed by atoms with Crippen LogP contribution < -0.4 is 10.0 Å². The third kappa shape index (κ3) is 5.64. The third-order valence-electron chi connectivity index (χ3n) is 4.36. The molecule has 2 rings (SSSR count). The van der Waals surface area contributed by atoms with E-state index in [1.807, 2.05) is 18.7 Å². The number of rotatable bonds is 7. The number of nitrogens with zero attached hydrogens (tertiary/aromatic N) is 3. The van der Waals surface area contributed by atoms with Crippen LogP contribution in [0.4, 0.5) is 0 Å². The topological polar surface area (TPSA) is 113 Å². The highest BCUT2D eigenvalue weighted by atomic mass is 32.2. The zero-order valence-corrected chi connectivity index (χ0v) is 16.7. The Bertz CT molecular complexity index is 754. The summed E-state index contributed by atoms with van der Waals surface area (Å²) in [5, 5.41) is 3.19. The molecule has 1 saturated heterocycles. The van der Waals surface area contributed by atoms with E-state index in [1.54, 1.807) is 6.07 Å². The van der Waals surface area contributed by atoms with Gasteiger partial charge in [0.2, 0.25) is 10.0 Å². The van der Waals surface area contributed by atoms with Crippen molar-refractivity contribution in [2.24, 2.45) is 16.8 Å². The van der Waals surface area contributed by atoms with Crippen LogP contribution in [0.2, 0.25) is 0 Å². The van der Waals surface area contributed by atoms with E-state index in [9.17, 15) is 13.2 Å². The Labute approximate surface area is 160 Å². The monoisotopic (exact) mass is 397 g/mol. The molecule has 1 aromatic rings. The smallest absolute Gasteiger partial charge is 0.310 e. The van der Waals surface area contributed by atoms with Gasteiger partial charge in [-0.2, -0.15) is 0 Å². The van der Waals surface area contributed by atoms with Gasteiger partial charge >= 0.3 is 5.97 Å². The molecule has 0 radical (unpaired) electrons. The summed E-state index contributed by atoms with van der Waals surface area (Å²) in [7, 11) is -2.20.